The van der Waals surface area contributed by atoms with Gasteiger partial charge in [0, 0.05) is 11.1 Å². The monoisotopic (exact) mass is 418 g/mol. The van der Waals surface area contributed by atoms with Crippen molar-refractivity contribution >= 4 is 0 Å². The molecule has 30 heavy (non-hydrogen) atoms. The van der Waals surface area contributed by atoms with Crippen LogP contribution < -0.4 is 23.7 Å². The van der Waals surface area contributed by atoms with Crippen molar-refractivity contribution in [2.75, 3.05) is 35.5 Å². The van der Waals surface area contributed by atoms with Crippen molar-refractivity contribution < 1.29 is 33.9 Å². The Morgan fingerprint density at radius 2 is 1.33 bits per heavy atom. The zero-order valence-electron chi connectivity index (χ0n) is 18.5. The molecule has 3 atom stereocenters. The first-order valence-corrected chi connectivity index (χ1v) is 9.82. The van der Waals surface area contributed by atoms with Gasteiger partial charge in [-0.05, 0) is 41.5 Å². The summed E-state index contributed by atoms with van der Waals surface area (Å²) in [5.74, 6) is 1.93. The van der Waals surface area contributed by atoms with Gasteiger partial charge in [-0.2, -0.15) is 0 Å². The Labute approximate surface area is 177 Å². The fourth-order valence-corrected chi connectivity index (χ4v) is 4.30. The Morgan fingerprint density at radius 1 is 0.767 bits per heavy atom. The number of aromatic hydroxyl groups is 1. The summed E-state index contributed by atoms with van der Waals surface area (Å²) in [5.41, 5.74) is 2.82. The lowest BCUT2D eigenvalue weighted by Crippen LogP contribution is -2.23. The van der Waals surface area contributed by atoms with Crippen molar-refractivity contribution in [3.8, 4) is 45.6 Å². The molecule has 0 saturated carbocycles. The molecule has 0 heterocycles. The maximum atomic E-state index is 11.2. The minimum atomic E-state index is -0.827. The van der Waals surface area contributed by atoms with E-state index >= 15 is 0 Å². The number of aliphatic hydroxyl groups excluding tert-OH is 1. The Kier molecular flexibility index (Phi) is 6.22. The lowest BCUT2D eigenvalue weighted by Gasteiger charge is -2.33. The summed E-state index contributed by atoms with van der Waals surface area (Å²) in [6, 6.07) is 3.47. The van der Waals surface area contributed by atoms with E-state index in [1.807, 2.05) is 13.0 Å². The summed E-state index contributed by atoms with van der Waals surface area (Å²) < 4.78 is 28.1. The summed E-state index contributed by atoms with van der Waals surface area (Å²) in [6.45, 7) is 4.09. The fraction of sp³-hybridized carbons (Fsp3) is 0.478. The van der Waals surface area contributed by atoms with Gasteiger partial charge in [-0.25, -0.2) is 0 Å². The molecule has 0 fully saturated rings. The van der Waals surface area contributed by atoms with Crippen LogP contribution in [-0.4, -0.2) is 45.8 Å². The van der Waals surface area contributed by atoms with Crippen LogP contribution in [0.25, 0.3) is 11.1 Å². The topological polar surface area (TPSA) is 86.6 Å². The molecule has 0 radical (unpaired) electrons. The molecule has 7 nitrogen and oxygen atoms in total. The molecule has 0 spiro atoms. The lowest BCUT2D eigenvalue weighted by molar-refractivity contribution is 0.0862. The quantitative estimate of drug-likeness (QED) is 0.760. The molecule has 3 rings (SSSR count). The molecule has 0 aromatic heterocycles. The molecule has 164 valence electrons. The van der Waals surface area contributed by atoms with E-state index in [0.717, 1.165) is 11.1 Å². The number of hydrogen-bond donors (Lipinski definition) is 2. The van der Waals surface area contributed by atoms with Gasteiger partial charge in [-0.3, -0.25) is 0 Å². The van der Waals surface area contributed by atoms with Gasteiger partial charge in [0.1, 0.15) is 0 Å². The first-order valence-electron chi connectivity index (χ1n) is 9.82. The van der Waals surface area contributed by atoms with Gasteiger partial charge in [0.15, 0.2) is 23.0 Å². The third-order valence-corrected chi connectivity index (χ3v) is 6.07. The molecule has 2 N–H and O–H groups in total. The molecule has 2 aromatic carbocycles. The molecule has 0 amide bonds. The Morgan fingerprint density at radius 3 is 1.87 bits per heavy atom. The maximum Gasteiger partial charge on any atom is 0.203 e. The zero-order valence-corrected chi connectivity index (χ0v) is 18.5. The van der Waals surface area contributed by atoms with Crippen LogP contribution in [-0.2, 0) is 6.42 Å². The van der Waals surface area contributed by atoms with Crippen LogP contribution in [0.4, 0.5) is 0 Å². The van der Waals surface area contributed by atoms with Gasteiger partial charge in [0.2, 0.25) is 11.5 Å². The molecule has 0 bridgehead atoms. The lowest BCUT2D eigenvalue weighted by atomic mass is 9.76. The third-order valence-electron chi connectivity index (χ3n) is 6.07. The minimum absolute atomic E-state index is 0.0755. The minimum Gasteiger partial charge on any atom is -0.504 e. The summed E-state index contributed by atoms with van der Waals surface area (Å²) in [5, 5.41) is 21.8. The number of ether oxygens (including phenoxy) is 5. The third kappa shape index (κ3) is 3.27. The van der Waals surface area contributed by atoms with Gasteiger partial charge in [0.05, 0.1) is 41.7 Å². The van der Waals surface area contributed by atoms with Crippen LogP contribution in [0.3, 0.4) is 0 Å². The van der Waals surface area contributed by atoms with E-state index in [9.17, 15) is 10.2 Å². The molecule has 1 aliphatic carbocycles. The van der Waals surface area contributed by atoms with Crippen LogP contribution in [0.5, 0.6) is 34.5 Å². The van der Waals surface area contributed by atoms with E-state index in [2.05, 4.69) is 6.92 Å². The van der Waals surface area contributed by atoms with Crippen LogP contribution in [0.15, 0.2) is 12.1 Å². The Hall–Kier alpha value is -2.80. The van der Waals surface area contributed by atoms with Crippen molar-refractivity contribution in [1.82, 2.24) is 0 Å². The summed E-state index contributed by atoms with van der Waals surface area (Å²) in [6.07, 6.45) is -0.151. The SMILES string of the molecule is COc1cc2c(c(OC)c1OC)-c1c(cc(O)c(OC)c1OC)[C@H](O)[C@H](C)[C@H](C)C2. The Bertz CT molecular complexity index is 938. The summed E-state index contributed by atoms with van der Waals surface area (Å²) in [7, 11) is 7.65. The van der Waals surface area contributed by atoms with Crippen LogP contribution in [0.2, 0.25) is 0 Å². The molecule has 0 unspecified atom stereocenters. The first kappa shape index (κ1) is 21.9. The smallest absolute Gasteiger partial charge is 0.203 e. The highest BCUT2D eigenvalue weighted by atomic mass is 16.5. The number of rotatable bonds is 5. The molecule has 0 saturated heterocycles. The standard InChI is InChI=1S/C23H30O7/c1-11-8-13-9-16(26-3)21(28-5)22(29-6)17(13)18-14(19(25)12(11)2)10-15(24)20(27-4)23(18)30-7/h9-12,19,24-25H,8H2,1-7H3/t11-,12-,19-/m1/s1. The molecule has 0 aliphatic heterocycles. The number of methoxy groups -OCH3 is 5. The van der Waals surface area contributed by atoms with Crippen molar-refractivity contribution in [3.63, 3.8) is 0 Å². The second kappa shape index (κ2) is 8.52. The van der Waals surface area contributed by atoms with Crippen molar-refractivity contribution in [3.05, 3.63) is 23.3 Å². The number of hydrogen-bond acceptors (Lipinski definition) is 7. The van der Waals surface area contributed by atoms with E-state index in [1.54, 1.807) is 21.3 Å². The Balaban J connectivity index is 2.55. The van der Waals surface area contributed by atoms with Crippen molar-refractivity contribution in [2.24, 2.45) is 11.8 Å². The molecule has 1 aliphatic rings. The molecule has 7 heteroatoms. The zero-order chi connectivity index (χ0) is 22.2. The molecule has 2 aromatic rings. The summed E-state index contributed by atoms with van der Waals surface area (Å²) in [4.78, 5) is 0. The number of benzene rings is 2. The second-order valence-corrected chi connectivity index (χ2v) is 7.59. The van der Waals surface area contributed by atoms with Gasteiger partial charge < -0.3 is 33.9 Å². The van der Waals surface area contributed by atoms with E-state index in [4.69, 9.17) is 23.7 Å². The average Bonchev–Trinajstić information content (AvgIpc) is 2.75. The first-order chi connectivity index (χ1) is 14.3. The van der Waals surface area contributed by atoms with Crippen LogP contribution >= 0.6 is 0 Å². The number of phenols is 1. The highest BCUT2D eigenvalue weighted by Crippen LogP contribution is 2.57. The second-order valence-electron chi connectivity index (χ2n) is 7.59. The van der Waals surface area contributed by atoms with Crippen LogP contribution in [0.1, 0.15) is 31.1 Å². The average molecular weight is 418 g/mol. The van der Waals surface area contributed by atoms with Gasteiger partial charge in [0.25, 0.3) is 0 Å². The van der Waals surface area contributed by atoms with Gasteiger partial charge >= 0.3 is 0 Å². The maximum absolute atomic E-state index is 11.2. The normalized spacial score (nSPS) is 20.3. The highest BCUT2D eigenvalue weighted by molar-refractivity contribution is 5.88. The highest BCUT2D eigenvalue weighted by Gasteiger charge is 2.36. The van der Waals surface area contributed by atoms with Gasteiger partial charge in [-0.15, -0.1) is 0 Å². The fourth-order valence-electron chi connectivity index (χ4n) is 4.30. The summed E-state index contributed by atoms with van der Waals surface area (Å²) >= 11 is 0. The van der Waals surface area contributed by atoms with Gasteiger partial charge in [-0.1, -0.05) is 13.8 Å². The number of aliphatic hydroxyl groups is 1. The number of phenolic OH excluding ortho intramolecular Hbond substituents is 1. The predicted octanol–water partition coefficient (Wildman–Crippen LogP) is 3.96. The molecular weight excluding hydrogens is 388 g/mol. The van der Waals surface area contributed by atoms with E-state index in [1.165, 1.54) is 20.3 Å². The van der Waals surface area contributed by atoms with Crippen molar-refractivity contribution in [2.45, 2.75) is 26.4 Å². The van der Waals surface area contributed by atoms with E-state index < -0.39 is 6.10 Å². The van der Waals surface area contributed by atoms with Crippen molar-refractivity contribution in [1.29, 1.82) is 0 Å². The van der Waals surface area contributed by atoms with Crippen LogP contribution in [0, 0.1) is 11.8 Å². The predicted molar refractivity (Wildman–Crippen MR) is 113 cm³/mol. The van der Waals surface area contributed by atoms with E-state index in [0.29, 0.717) is 40.5 Å². The number of fused-ring (bicyclic) bond motifs is 3. The molecular formula is C23H30O7. The largest absolute Gasteiger partial charge is 0.504 e. The van der Waals surface area contributed by atoms with E-state index in [-0.39, 0.29) is 23.3 Å².